The molecule has 1 fully saturated rings. The molecule has 4 heteroatoms. The largest absolute Gasteiger partial charge is 0.386 e. The van der Waals surface area contributed by atoms with Gasteiger partial charge in [-0.2, -0.15) is 0 Å². The van der Waals surface area contributed by atoms with Crippen LogP contribution in [-0.4, -0.2) is 10.6 Å². The lowest BCUT2D eigenvalue weighted by atomic mass is 10.1. The van der Waals surface area contributed by atoms with Gasteiger partial charge in [-0.3, -0.25) is 0 Å². The summed E-state index contributed by atoms with van der Waals surface area (Å²) in [4.78, 5) is 0. The summed E-state index contributed by atoms with van der Waals surface area (Å²) in [6, 6.07) is 5.53. The molecule has 1 spiro atoms. The molecule has 1 aliphatic heterocycles. The van der Waals surface area contributed by atoms with Crippen LogP contribution in [0.4, 0.5) is 5.69 Å². The normalized spacial score (nSPS) is 26.8. The molecular weight excluding hydrogens is 200 g/mol. The van der Waals surface area contributed by atoms with Crippen LogP contribution in [0, 0.1) is 0 Å². The molecule has 0 aromatic heterocycles. The Morgan fingerprint density at radius 2 is 2.21 bits per heavy atom. The van der Waals surface area contributed by atoms with Gasteiger partial charge in [0.05, 0.1) is 16.2 Å². The van der Waals surface area contributed by atoms with Crippen LogP contribution in [0.15, 0.2) is 18.2 Å². The Morgan fingerprint density at radius 3 is 2.79 bits per heavy atom. The highest BCUT2D eigenvalue weighted by atomic mass is 35.5. The lowest BCUT2D eigenvalue weighted by molar-refractivity contribution is 0.144. The van der Waals surface area contributed by atoms with E-state index < -0.39 is 6.10 Å². The van der Waals surface area contributed by atoms with E-state index in [1.165, 1.54) is 0 Å². The van der Waals surface area contributed by atoms with Gasteiger partial charge in [-0.1, -0.05) is 23.7 Å². The van der Waals surface area contributed by atoms with Crippen molar-refractivity contribution in [3.05, 3.63) is 28.8 Å². The average Bonchev–Trinajstić information content (AvgIpc) is 2.92. The lowest BCUT2D eigenvalue weighted by Crippen LogP contribution is -2.42. The molecule has 0 radical (unpaired) electrons. The molecule has 14 heavy (non-hydrogen) atoms. The fourth-order valence-corrected chi connectivity index (χ4v) is 2.57. The Hall–Kier alpha value is -0.770. The van der Waals surface area contributed by atoms with Gasteiger partial charge in [-0.25, -0.2) is 5.84 Å². The van der Waals surface area contributed by atoms with Gasteiger partial charge in [-0.15, -0.1) is 0 Å². The van der Waals surface area contributed by atoms with Crippen molar-refractivity contribution >= 4 is 17.3 Å². The van der Waals surface area contributed by atoms with Crippen molar-refractivity contribution in [1.29, 1.82) is 0 Å². The van der Waals surface area contributed by atoms with Gasteiger partial charge in [-0.05, 0) is 18.9 Å². The molecule has 3 nitrogen and oxygen atoms in total. The second-order valence-corrected chi connectivity index (χ2v) is 4.46. The second-order valence-electron chi connectivity index (χ2n) is 4.05. The summed E-state index contributed by atoms with van der Waals surface area (Å²) in [5.74, 6) is 5.97. The van der Waals surface area contributed by atoms with Crippen LogP contribution < -0.4 is 10.9 Å². The third-order valence-electron chi connectivity index (χ3n) is 3.30. The highest BCUT2D eigenvalue weighted by Crippen LogP contribution is 2.59. The van der Waals surface area contributed by atoms with E-state index in [2.05, 4.69) is 0 Å². The summed E-state index contributed by atoms with van der Waals surface area (Å²) in [5.41, 5.74) is 1.39. The number of rotatable bonds is 0. The molecule has 1 aromatic carbocycles. The summed E-state index contributed by atoms with van der Waals surface area (Å²) < 4.78 is 0. The number of aliphatic hydroxyl groups excluding tert-OH is 1. The first-order valence-corrected chi connectivity index (χ1v) is 5.06. The van der Waals surface area contributed by atoms with Gasteiger partial charge in [0.25, 0.3) is 0 Å². The Labute approximate surface area is 87.0 Å². The molecule has 1 heterocycles. The number of para-hydroxylation sites is 1. The van der Waals surface area contributed by atoms with Crippen LogP contribution in [0.2, 0.25) is 5.02 Å². The number of halogens is 1. The van der Waals surface area contributed by atoms with E-state index in [1.54, 1.807) is 11.1 Å². The monoisotopic (exact) mass is 210 g/mol. The van der Waals surface area contributed by atoms with Crippen LogP contribution in [-0.2, 0) is 0 Å². The molecule has 0 bridgehead atoms. The number of aliphatic hydroxyl groups is 1. The quantitative estimate of drug-likeness (QED) is 0.640. The third-order valence-corrected chi connectivity index (χ3v) is 3.61. The van der Waals surface area contributed by atoms with Crippen molar-refractivity contribution in [3.8, 4) is 0 Å². The minimum absolute atomic E-state index is 0.257. The second kappa shape index (κ2) is 2.42. The van der Waals surface area contributed by atoms with Gasteiger partial charge in [0.2, 0.25) is 0 Å². The van der Waals surface area contributed by atoms with E-state index in [0.29, 0.717) is 5.02 Å². The van der Waals surface area contributed by atoms with Crippen LogP contribution >= 0.6 is 11.6 Å². The molecule has 2 aliphatic rings. The Morgan fingerprint density at radius 1 is 1.50 bits per heavy atom. The summed E-state index contributed by atoms with van der Waals surface area (Å²) in [6.07, 6.45) is 1.40. The van der Waals surface area contributed by atoms with Crippen LogP contribution in [0.25, 0.3) is 0 Å². The Bertz CT molecular complexity index is 403. The molecule has 1 saturated carbocycles. The SMILES string of the molecule is NN1c2c(Cl)cccc2C(O)C12CC2. The Kier molecular flexibility index (Phi) is 1.48. The van der Waals surface area contributed by atoms with E-state index in [0.717, 1.165) is 24.1 Å². The maximum Gasteiger partial charge on any atom is 0.106 e. The predicted octanol–water partition coefficient (Wildman–Crippen LogP) is 1.60. The minimum atomic E-state index is -0.485. The predicted molar refractivity (Wildman–Crippen MR) is 55.0 cm³/mol. The standard InChI is InChI=1S/C10H11ClN2O/c11-7-3-1-2-6-8(7)13(12)10(4-5-10)9(6)14/h1-3,9,14H,4-5,12H2. The van der Waals surface area contributed by atoms with Crippen molar-refractivity contribution in [2.75, 3.05) is 5.01 Å². The minimum Gasteiger partial charge on any atom is -0.386 e. The fourth-order valence-electron chi connectivity index (χ4n) is 2.29. The summed E-state index contributed by atoms with van der Waals surface area (Å²) in [7, 11) is 0. The molecular formula is C10H11ClN2O. The van der Waals surface area contributed by atoms with Gasteiger partial charge >= 0.3 is 0 Å². The van der Waals surface area contributed by atoms with E-state index >= 15 is 0 Å². The zero-order valence-electron chi connectivity index (χ0n) is 7.57. The van der Waals surface area contributed by atoms with E-state index in [1.807, 2.05) is 12.1 Å². The summed E-state index contributed by atoms with van der Waals surface area (Å²) in [5, 5.41) is 12.4. The molecule has 0 saturated heterocycles. The van der Waals surface area contributed by atoms with Gasteiger partial charge in [0.1, 0.15) is 6.10 Å². The van der Waals surface area contributed by atoms with Crippen molar-refractivity contribution in [2.45, 2.75) is 24.5 Å². The highest BCUT2D eigenvalue weighted by molar-refractivity contribution is 6.33. The zero-order chi connectivity index (χ0) is 9.92. The molecule has 1 atom stereocenters. The maximum atomic E-state index is 10.1. The first-order chi connectivity index (χ1) is 6.67. The number of hydrazine groups is 1. The number of hydrogen-bond donors (Lipinski definition) is 2. The summed E-state index contributed by atoms with van der Waals surface area (Å²) in [6.45, 7) is 0. The Balaban J connectivity index is 2.22. The number of hydrogen-bond acceptors (Lipinski definition) is 3. The van der Waals surface area contributed by atoms with Gasteiger partial charge < -0.3 is 10.1 Å². The summed E-state index contributed by atoms with van der Waals surface area (Å²) >= 11 is 6.05. The van der Waals surface area contributed by atoms with E-state index in [4.69, 9.17) is 17.4 Å². The average molecular weight is 211 g/mol. The van der Waals surface area contributed by atoms with Crippen molar-refractivity contribution in [2.24, 2.45) is 5.84 Å². The number of nitrogens with zero attached hydrogens (tertiary/aromatic N) is 1. The zero-order valence-corrected chi connectivity index (χ0v) is 8.33. The van der Waals surface area contributed by atoms with Crippen LogP contribution in [0.5, 0.6) is 0 Å². The fraction of sp³-hybridized carbons (Fsp3) is 0.400. The molecule has 3 rings (SSSR count). The molecule has 1 aromatic rings. The van der Waals surface area contributed by atoms with E-state index in [9.17, 15) is 5.11 Å². The third kappa shape index (κ3) is 0.804. The first kappa shape index (κ1) is 8.53. The molecule has 1 aliphatic carbocycles. The molecule has 1 unspecified atom stereocenters. The number of benzene rings is 1. The first-order valence-electron chi connectivity index (χ1n) is 4.68. The topological polar surface area (TPSA) is 49.5 Å². The van der Waals surface area contributed by atoms with Crippen LogP contribution in [0.1, 0.15) is 24.5 Å². The molecule has 3 N–H and O–H groups in total. The van der Waals surface area contributed by atoms with Crippen molar-refractivity contribution in [1.82, 2.24) is 0 Å². The number of nitrogens with two attached hydrogens (primary N) is 1. The van der Waals surface area contributed by atoms with Gasteiger partial charge in [0, 0.05) is 5.56 Å². The highest BCUT2D eigenvalue weighted by Gasteiger charge is 2.59. The number of fused-ring (bicyclic) bond motifs is 1. The molecule has 74 valence electrons. The van der Waals surface area contributed by atoms with Crippen LogP contribution in [0.3, 0.4) is 0 Å². The van der Waals surface area contributed by atoms with Crippen molar-refractivity contribution in [3.63, 3.8) is 0 Å². The smallest absolute Gasteiger partial charge is 0.106 e. The lowest BCUT2D eigenvalue weighted by Gasteiger charge is -2.23. The maximum absolute atomic E-state index is 10.1. The van der Waals surface area contributed by atoms with Crippen molar-refractivity contribution < 1.29 is 5.11 Å². The molecule has 0 amide bonds. The number of anilines is 1. The van der Waals surface area contributed by atoms with Gasteiger partial charge in [0.15, 0.2) is 0 Å². The van der Waals surface area contributed by atoms with E-state index in [-0.39, 0.29) is 5.54 Å².